The average molecular weight is 477 g/mol. The summed E-state index contributed by atoms with van der Waals surface area (Å²) in [6.07, 6.45) is 7.59. The maximum atomic E-state index is 14.3. The number of amides is 2. The first-order chi connectivity index (χ1) is 16.9. The van der Waals surface area contributed by atoms with Gasteiger partial charge in [0, 0.05) is 23.3 Å². The Balaban J connectivity index is 1.46. The largest absolute Gasteiger partial charge is 0.325 e. The molecule has 186 valence electrons. The molecule has 2 saturated carbocycles. The van der Waals surface area contributed by atoms with Crippen molar-refractivity contribution in [3.8, 4) is 0 Å². The zero-order valence-electron chi connectivity index (χ0n) is 21.0. The van der Waals surface area contributed by atoms with Crippen LogP contribution in [0.5, 0.6) is 0 Å². The maximum Gasteiger partial charge on any atom is 0.325 e. The van der Waals surface area contributed by atoms with Crippen LogP contribution in [-0.2, 0) is 12.1 Å². The molecule has 2 amide bonds. The number of nitrogens with zero attached hydrogens (tertiary/aromatic N) is 4. The molecule has 1 aliphatic heterocycles. The lowest BCUT2D eigenvalue weighted by Crippen LogP contribution is -2.56. The standard InChI is InChI=1S/C29H37FN4O/c1-31-19-23-18-25(12-13-26(23)30)33-21-28(34(27(33)35)20-22-8-7-9-22)14-16-29(17-15-28,32(2)3)24-10-5-4-6-11-24/h4-6,10-13,18,22H,1,7-9,14-17,19-21H2,2-3H3/t28-,29+. The number of carbonyl (C=O) groups excluding carboxylic acids is 1. The van der Waals surface area contributed by atoms with E-state index in [2.05, 4.69) is 65.9 Å². The van der Waals surface area contributed by atoms with Crippen molar-refractivity contribution in [2.24, 2.45) is 10.9 Å². The monoisotopic (exact) mass is 476 g/mol. The van der Waals surface area contributed by atoms with Gasteiger partial charge in [0.15, 0.2) is 0 Å². The third-order valence-corrected chi connectivity index (χ3v) is 8.95. The molecule has 0 radical (unpaired) electrons. The number of benzene rings is 2. The lowest BCUT2D eigenvalue weighted by Gasteiger charge is -2.51. The minimum absolute atomic E-state index is 0.0240. The van der Waals surface area contributed by atoms with Crippen LogP contribution in [0.1, 0.15) is 56.1 Å². The molecule has 2 aliphatic carbocycles. The first-order valence-electron chi connectivity index (χ1n) is 12.9. The van der Waals surface area contributed by atoms with Crippen molar-refractivity contribution in [2.75, 3.05) is 32.1 Å². The van der Waals surface area contributed by atoms with Crippen LogP contribution in [0.25, 0.3) is 0 Å². The topological polar surface area (TPSA) is 39.1 Å². The van der Waals surface area contributed by atoms with Crippen LogP contribution in [0.2, 0.25) is 0 Å². The van der Waals surface area contributed by atoms with E-state index in [1.54, 1.807) is 12.1 Å². The highest BCUT2D eigenvalue weighted by Crippen LogP contribution is 2.50. The summed E-state index contributed by atoms with van der Waals surface area (Å²) in [5.74, 6) is 0.296. The first kappa shape index (κ1) is 24.0. The molecule has 0 atom stereocenters. The lowest BCUT2D eigenvalue weighted by molar-refractivity contribution is 0.0172. The van der Waals surface area contributed by atoms with Crippen LogP contribution in [-0.4, -0.2) is 55.3 Å². The number of hydrogen-bond acceptors (Lipinski definition) is 3. The maximum absolute atomic E-state index is 14.3. The van der Waals surface area contributed by atoms with Gasteiger partial charge in [-0.15, -0.1) is 0 Å². The quantitative estimate of drug-likeness (QED) is 0.471. The van der Waals surface area contributed by atoms with E-state index >= 15 is 0 Å². The molecule has 5 nitrogen and oxygen atoms in total. The fourth-order valence-electron chi connectivity index (χ4n) is 6.47. The molecule has 0 aromatic heterocycles. The molecule has 0 unspecified atom stereocenters. The van der Waals surface area contributed by atoms with Gasteiger partial charge in [0.05, 0.1) is 18.6 Å². The number of aliphatic imine (C=N–C) groups is 1. The highest BCUT2D eigenvalue weighted by Gasteiger charge is 2.55. The molecule has 1 spiro atoms. The summed E-state index contributed by atoms with van der Waals surface area (Å²) >= 11 is 0. The Hall–Kier alpha value is -2.73. The zero-order chi connectivity index (χ0) is 24.6. The van der Waals surface area contributed by atoms with Gasteiger partial charge in [-0.25, -0.2) is 9.18 Å². The minimum atomic E-state index is -0.301. The Morgan fingerprint density at radius 1 is 1.09 bits per heavy atom. The van der Waals surface area contributed by atoms with Gasteiger partial charge in [0.2, 0.25) is 0 Å². The molecule has 1 saturated heterocycles. The van der Waals surface area contributed by atoms with Crippen LogP contribution in [0, 0.1) is 11.7 Å². The number of halogens is 1. The van der Waals surface area contributed by atoms with Gasteiger partial charge in [0.1, 0.15) is 5.82 Å². The number of hydrogen-bond donors (Lipinski definition) is 0. The van der Waals surface area contributed by atoms with Gasteiger partial charge in [-0.1, -0.05) is 36.8 Å². The fraction of sp³-hybridized carbons (Fsp3) is 0.517. The summed E-state index contributed by atoms with van der Waals surface area (Å²) in [7, 11) is 4.35. The van der Waals surface area contributed by atoms with E-state index in [-0.39, 0.29) is 29.5 Å². The van der Waals surface area contributed by atoms with Crippen molar-refractivity contribution in [2.45, 2.75) is 62.6 Å². The highest BCUT2D eigenvalue weighted by molar-refractivity contribution is 5.95. The Morgan fingerprint density at radius 2 is 1.80 bits per heavy atom. The second kappa shape index (κ2) is 9.38. The van der Waals surface area contributed by atoms with E-state index in [4.69, 9.17) is 0 Å². The summed E-state index contributed by atoms with van der Waals surface area (Å²) in [5.41, 5.74) is 2.39. The summed E-state index contributed by atoms with van der Waals surface area (Å²) in [6.45, 7) is 5.21. The third kappa shape index (κ3) is 4.16. The number of anilines is 1. The highest BCUT2D eigenvalue weighted by atomic mass is 19.1. The van der Waals surface area contributed by atoms with Crippen LogP contribution in [0.3, 0.4) is 0 Å². The van der Waals surface area contributed by atoms with Crippen molar-refractivity contribution in [1.29, 1.82) is 0 Å². The van der Waals surface area contributed by atoms with Gasteiger partial charge in [-0.3, -0.25) is 14.8 Å². The second-order valence-corrected chi connectivity index (χ2v) is 11.0. The molecule has 2 aromatic rings. The lowest BCUT2D eigenvalue weighted by atomic mass is 9.68. The van der Waals surface area contributed by atoms with Crippen LogP contribution in [0.15, 0.2) is 53.5 Å². The van der Waals surface area contributed by atoms with E-state index < -0.39 is 0 Å². The molecular formula is C29H37FN4O. The summed E-state index contributed by atoms with van der Waals surface area (Å²) < 4.78 is 14.3. The van der Waals surface area contributed by atoms with Crippen LogP contribution < -0.4 is 4.90 Å². The molecule has 0 N–H and O–H groups in total. The predicted molar refractivity (Wildman–Crippen MR) is 139 cm³/mol. The molecule has 5 rings (SSSR count). The van der Waals surface area contributed by atoms with E-state index in [1.165, 1.54) is 30.9 Å². The Labute approximate surface area is 208 Å². The number of rotatable bonds is 7. The van der Waals surface area contributed by atoms with Gasteiger partial charge in [0.25, 0.3) is 0 Å². The molecule has 0 bridgehead atoms. The van der Waals surface area contributed by atoms with Crippen LogP contribution in [0.4, 0.5) is 14.9 Å². The van der Waals surface area contributed by atoms with E-state index in [1.807, 2.05) is 4.90 Å². The van der Waals surface area contributed by atoms with Gasteiger partial charge < -0.3 is 4.90 Å². The third-order valence-electron chi connectivity index (χ3n) is 8.95. The Bertz CT molecular complexity index is 1070. The van der Waals surface area contributed by atoms with E-state index in [9.17, 15) is 9.18 Å². The van der Waals surface area contributed by atoms with Crippen molar-refractivity contribution >= 4 is 18.4 Å². The Morgan fingerprint density at radius 3 is 2.40 bits per heavy atom. The van der Waals surface area contributed by atoms with Crippen molar-refractivity contribution < 1.29 is 9.18 Å². The normalized spacial score (nSPS) is 27.0. The predicted octanol–water partition coefficient (Wildman–Crippen LogP) is 5.84. The average Bonchev–Trinajstić information content (AvgIpc) is 3.10. The minimum Gasteiger partial charge on any atom is -0.317 e. The summed E-state index contributed by atoms with van der Waals surface area (Å²) in [5, 5.41) is 0. The number of urea groups is 1. The zero-order valence-corrected chi connectivity index (χ0v) is 21.0. The van der Waals surface area contributed by atoms with Gasteiger partial charge in [-0.2, -0.15) is 0 Å². The van der Waals surface area contributed by atoms with Crippen molar-refractivity contribution in [3.63, 3.8) is 0 Å². The van der Waals surface area contributed by atoms with Crippen LogP contribution >= 0.6 is 0 Å². The first-order valence-corrected chi connectivity index (χ1v) is 12.9. The summed E-state index contributed by atoms with van der Waals surface area (Å²) in [4.78, 5) is 24.2. The molecule has 2 aromatic carbocycles. The molecule has 35 heavy (non-hydrogen) atoms. The van der Waals surface area contributed by atoms with E-state index in [0.717, 1.165) is 37.9 Å². The molecule has 3 fully saturated rings. The van der Waals surface area contributed by atoms with Gasteiger partial charge in [-0.05, 0) is 89.0 Å². The number of carbonyl (C=O) groups is 1. The van der Waals surface area contributed by atoms with Gasteiger partial charge >= 0.3 is 6.03 Å². The second-order valence-electron chi connectivity index (χ2n) is 11.0. The molecule has 1 heterocycles. The Kier molecular flexibility index (Phi) is 6.43. The molecule has 6 heteroatoms. The summed E-state index contributed by atoms with van der Waals surface area (Å²) in [6, 6.07) is 15.8. The van der Waals surface area contributed by atoms with E-state index in [0.29, 0.717) is 18.0 Å². The molecular weight excluding hydrogens is 439 g/mol. The molecule has 3 aliphatic rings. The fourth-order valence-corrected chi connectivity index (χ4v) is 6.47. The SMILES string of the molecule is C=NCc1cc(N2C[C@]3(CC[C@](c4ccccc4)(N(C)C)CC3)N(CC3CCC3)C2=O)ccc1F. The van der Waals surface area contributed by atoms with Crippen molar-refractivity contribution in [3.05, 3.63) is 65.5 Å². The smallest absolute Gasteiger partial charge is 0.317 e. The van der Waals surface area contributed by atoms with Crippen molar-refractivity contribution in [1.82, 2.24) is 9.80 Å².